The summed E-state index contributed by atoms with van der Waals surface area (Å²) in [7, 11) is 0. The summed E-state index contributed by atoms with van der Waals surface area (Å²) in [6.45, 7) is 4.67. The number of rotatable bonds is 5. The molecule has 2 aromatic rings. The van der Waals surface area contributed by atoms with Crippen LogP contribution in [0.25, 0.3) is 0 Å². The van der Waals surface area contributed by atoms with Crippen LogP contribution in [0.15, 0.2) is 29.8 Å². The number of nitrogens with one attached hydrogen (secondary N) is 1. The van der Waals surface area contributed by atoms with Gasteiger partial charge in [-0.1, -0.05) is 6.07 Å². The molecule has 4 rings (SSSR count). The second-order valence-corrected chi connectivity index (χ2v) is 7.56. The second kappa shape index (κ2) is 10.6. The van der Waals surface area contributed by atoms with E-state index >= 15 is 0 Å². The van der Waals surface area contributed by atoms with Gasteiger partial charge in [0, 0.05) is 44.3 Å². The molecule has 11 heteroatoms. The van der Waals surface area contributed by atoms with Crippen molar-refractivity contribution in [2.24, 2.45) is 5.73 Å². The third kappa shape index (κ3) is 5.92. The Bertz CT molecular complexity index is 750. The van der Waals surface area contributed by atoms with Crippen molar-refractivity contribution >= 4 is 65.4 Å². The van der Waals surface area contributed by atoms with Crippen LogP contribution in [0.4, 0.5) is 10.9 Å². The lowest BCUT2D eigenvalue weighted by molar-refractivity contribution is -0.118. The van der Waals surface area contributed by atoms with E-state index in [0.29, 0.717) is 5.13 Å². The fourth-order valence-electron chi connectivity index (χ4n) is 2.93. The lowest BCUT2D eigenvalue weighted by Crippen LogP contribution is -2.46. The van der Waals surface area contributed by atoms with Crippen LogP contribution in [0.3, 0.4) is 0 Å². The highest BCUT2D eigenvalue weighted by Gasteiger charge is 2.46. The molecule has 7 nitrogen and oxygen atoms in total. The highest BCUT2D eigenvalue weighted by atomic mass is 35.5. The quantitative estimate of drug-likeness (QED) is 0.703. The molecule has 1 aliphatic heterocycles. The third-order valence-corrected chi connectivity index (χ3v) is 5.55. The standard InChI is InChI=1S/C17H22N6OS.3ClH/c18-17(4-5-17)15(24)21-16-20-13(12-25-16)11-22-7-9-23(10-8-22)14-3-1-2-6-19-14;;;/h1-3,6,12H,4-5,7-11,18H2,(H,20,21,24);3*1H. The topological polar surface area (TPSA) is 87.4 Å². The van der Waals surface area contributed by atoms with Gasteiger partial charge in [-0.15, -0.1) is 48.6 Å². The zero-order chi connectivity index (χ0) is 17.3. The van der Waals surface area contributed by atoms with Gasteiger partial charge in [-0.2, -0.15) is 0 Å². The molecule has 1 saturated carbocycles. The summed E-state index contributed by atoms with van der Waals surface area (Å²) >= 11 is 1.46. The van der Waals surface area contributed by atoms with Gasteiger partial charge in [0.25, 0.3) is 0 Å². The average molecular weight is 468 g/mol. The van der Waals surface area contributed by atoms with E-state index < -0.39 is 5.54 Å². The number of nitrogens with zero attached hydrogens (tertiary/aromatic N) is 4. The van der Waals surface area contributed by atoms with E-state index in [1.807, 2.05) is 23.7 Å². The van der Waals surface area contributed by atoms with Crippen LogP contribution in [-0.2, 0) is 11.3 Å². The zero-order valence-corrected chi connectivity index (χ0v) is 18.5. The van der Waals surface area contributed by atoms with Crippen molar-refractivity contribution < 1.29 is 4.79 Å². The molecule has 2 fully saturated rings. The molecule has 0 spiro atoms. The van der Waals surface area contributed by atoms with Crippen molar-refractivity contribution in [3.63, 3.8) is 0 Å². The Kier molecular flexibility index (Phi) is 9.39. The van der Waals surface area contributed by atoms with Gasteiger partial charge in [0.15, 0.2) is 5.13 Å². The van der Waals surface area contributed by atoms with Gasteiger partial charge in [-0.25, -0.2) is 9.97 Å². The van der Waals surface area contributed by atoms with Crippen LogP contribution >= 0.6 is 48.6 Å². The average Bonchev–Trinajstić information content (AvgIpc) is 3.25. The Morgan fingerprint density at radius 2 is 1.89 bits per heavy atom. The van der Waals surface area contributed by atoms with Crippen LogP contribution in [0.2, 0.25) is 0 Å². The number of thiazole rings is 1. The number of anilines is 2. The molecule has 1 aliphatic carbocycles. The van der Waals surface area contributed by atoms with Crippen LogP contribution in [0.1, 0.15) is 18.5 Å². The molecule has 3 heterocycles. The maximum absolute atomic E-state index is 12.0. The van der Waals surface area contributed by atoms with E-state index in [-0.39, 0.29) is 43.1 Å². The van der Waals surface area contributed by atoms with Gasteiger partial charge in [-0.05, 0) is 25.0 Å². The number of piperazine rings is 1. The van der Waals surface area contributed by atoms with Gasteiger partial charge in [0.2, 0.25) is 5.91 Å². The minimum absolute atomic E-state index is 0. The molecule has 0 aromatic carbocycles. The minimum Gasteiger partial charge on any atom is -0.354 e. The van der Waals surface area contributed by atoms with Crippen molar-refractivity contribution in [1.29, 1.82) is 0 Å². The molecule has 1 saturated heterocycles. The van der Waals surface area contributed by atoms with Crippen molar-refractivity contribution in [3.8, 4) is 0 Å². The fraction of sp³-hybridized carbons (Fsp3) is 0.471. The Balaban J connectivity index is 0.00000131. The lowest BCUT2D eigenvalue weighted by Gasteiger charge is -2.35. The van der Waals surface area contributed by atoms with Crippen molar-refractivity contribution in [2.45, 2.75) is 24.9 Å². The smallest absolute Gasteiger partial charge is 0.246 e. The summed E-state index contributed by atoms with van der Waals surface area (Å²) in [5.74, 6) is 0.925. The first-order valence-corrected chi connectivity index (χ1v) is 9.43. The maximum atomic E-state index is 12.0. The van der Waals surface area contributed by atoms with Gasteiger partial charge in [0.1, 0.15) is 5.82 Å². The molecule has 1 amide bonds. The monoisotopic (exact) mass is 466 g/mol. The molecular formula is C17H25Cl3N6OS. The largest absolute Gasteiger partial charge is 0.354 e. The molecular weight excluding hydrogens is 443 g/mol. The first-order chi connectivity index (χ1) is 12.1. The summed E-state index contributed by atoms with van der Waals surface area (Å²) in [5, 5.41) is 5.49. The first kappa shape index (κ1) is 24.9. The summed E-state index contributed by atoms with van der Waals surface area (Å²) < 4.78 is 0. The Hall–Kier alpha value is -1.16. The van der Waals surface area contributed by atoms with E-state index in [9.17, 15) is 4.79 Å². The molecule has 2 aliphatic rings. The summed E-state index contributed by atoms with van der Waals surface area (Å²) in [6.07, 6.45) is 3.36. The van der Waals surface area contributed by atoms with E-state index in [1.54, 1.807) is 0 Å². The SMILES string of the molecule is Cl.Cl.Cl.NC1(C(=O)Nc2nc(CN3CCN(c4ccccn4)CC3)cs2)CC1. The van der Waals surface area contributed by atoms with Gasteiger partial charge in [0.05, 0.1) is 11.2 Å². The number of hydrogen-bond acceptors (Lipinski definition) is 7. The summed E-state index contributed by atoms with van der Waals surface area (Å²) in [6, 6.07) is 6.01. The molecule has 2 aromatic heterocycles. The van der Waals surface area contributed by atoms with Crippen LogP contribution < -0.4 is 16.0 Å². The van der Waals surface area contributed by atoms with Crippen molar-refractivity contribution in [2.75, 3.05) is 36.4 Å². The Labute approximate surface area is 187 Å². The third-order valence-electron chi connectivity index (χ3n) is 4.74. The van der Waals surface area contributed by atoms with Crippen LogP contribution in [-0.4, -0.2) is 52.5 Å². The van der Waals surface area contributed by atoms with Gasteiger partial charge >= 0.3 is 0 Å². The molecule has 0 radical (unpaired) electrons. The molecule has 0 unspecified atom stereocenters. The molecule has 28 heavy (non-hydrogen) atoms. The van der Waals surface area contributed by atoms with Gasteiger partial charge in [-0.3, -0.25) is 9.69 Å². The van der Waals surface area contributed by atoms with E-state index in [2.05, 4.69) is 31.2 Å². The summed E-state index contributed by atoms with van der Waals surface area (Å²) in [5.41, 5.74) is 6.24. The number of aromatic nitrogens is 2. The predicted octanol–water partition coefficient (Wildman–Crippen LogP) is 2.56. The zero-order valence-electron chi connectivity index (χ0n) is 15.2. The highest BCUT2D eigenvalue weighted by Crippen LogP contribution is 2.33. The second-order valence-electron chi connectivity index (χ2n) is 6.71. The number of carbonyl (C=O) groups is 1. The van der Waals surface area contributed by atoms with Crippen LogP contribution in [0.5, 0.6) is 0 Å². The predicted molar refractivity (Wildman–Crippen MR) is 120 cm³/mol. The molecule has 0 atom stereocenters. The Morgan fingerprint density at radius 3 is 2.50 bits per heavy atom. The van der Waals surface area contributed by atoms with E-state index in [4.69, 9.17) is 5.73 Å². The number of halogens is 3. The minimum atomic E-state index is -0.659. The maximum Gasteiger partial charge on any atom is 0.246 e. The van der Waals surface area contributed by atoms with Gasteiger partial charge < -0.3 is 16.0 Å². The Morgan fingerprint density at radius 1 is 1.18 bits per heavy atom. The van der Waals surface area contributed by atoms with E-state index in [0.717, 1.165) is 57.1 Å². The number of nitrogens with two attached hydrogens (primary N) is 1. The number of hydrogen-bond donors (Lipinski definition) is 2. The van der Waals surface area contributed by atoms with Crippen molar-refractivity contribution in [3.05, 3.63) is 35.5 Å². The normalized spacial score (nSPS) is 17.5. The lowest BCUT2D eigenvalue weighted by atomic mass is 10.3. The summed E-state index contributed by atoms with van der Waals surface area (Å²) in [4.78, 5) is 25.6. The van der Waals surface area contributed by atoms with E-state index in [1.165, 1.54) is 11.3 Å². The molecule has 0 bridgehead atoms. The number of amides is 1. The number of carbonyl (C=O) groups excluding carboxylic acids is 1. The molecule has 3 N–H and O–H groups in total. The number of pyridine rings is 1. The highest BCUT2D eigenvalue weighted by molar-refractivity contribution is 7.13. The van der Waals surface area contributed by atoms with Crippen LogP contribution in [0, 0.1) is 0 Å². The van der Waals surface area contributed by atoms with Crippen molar-refractivity contribution in [1.82, 2.24) is 14.9 Å². The first-order valence-electron chi connectivity index (χ1n) is 8.55. The fourth-order valence-corrected chi connectivity index (χ4v) is 3.62. The molecule has 156 valence electrons.